The fourth-order valence-electron chi connectivity index (χ4n) is 1.50. The zero-order valence-corrected chi connectivity index (χ0v) is 14.0. The van der Waals surface area contributed by atoms with Crippen molar-refractivity contribution in [3.63, 3.8) is 0 Å². The van der Waals surface area contributed by atoms with Crippen LogP contribution in [-0.2, 0) is 12.7 Å². The molecule has 0 fully saturated rings. The van der Waals surface area contributed by atoms with Crippen LogP contribution in [0, 0.1) is 0 Å². The fraction of sp³-hybridized carbons (Fsp3) is 1.00. The van der Waals surface area contributed by atoms with E-state index in [-0.39, 0.29) is 13.0 Å². The molecule has 0 atom stereocenters. The van der Waals surface area contributed by atoms with Gasteiger partial charge in [0.1, 0.15) is 6.79 Å². The second kappa shape index (κ2) is 5.87. The highest BCUT2D eigenvalue weighted by molar-refractivity contribution is 6.86. The normalized spacial score (nSPS) is 14.2. The zero-order chi connectivity index (χ0) is 13.0. The van der Waals surface area contributed by atoms with E-state index in [0.29, 0.717) is 0 Å². The molecule has 0 rings (SSSR count). The average Bonchev–Trinajstić information content (AvgIpc) is 1.99. The molecule has 0 unspecified atom stereocenters. The molecule has 0 aromatic rings. The molecule has 16 heavy (non-hydrogen) atoms. The summed E-state index contributed by atoms with van der Waals surface area (Å²) in [6.07, 6.45) is 0.0790. The Labute approximate surface area is 101 Å². The molecule has 5 nitrogen and oxygen atoms in total. The lowest BCUT2D eigenvalue weighted by Crippen LogP contribution is -2.54. The summed E-state index contributed by atoms with van der Waals surface area (Å²) in [6.45, 7) is 11.2. The molecule has 8 heteroatoms. The third kappa shape index (κ3) is 6.91. The number of rotatable bonds is 7. The highest BCUT2D eigenvalue weighted by Crippen LogP contribution is 2.20. The molecule has 0 saturated carbocycles. The monoisotopic (exact) mass is 284 g/mol. The lowest BCUT2D eigenvalue weighted by Gasteiger charge is -2.37. The summed E-state index contributed by atoms with van der Waals surface area (Å²) >= 11 is 0. The van der Waals surface area contributed by atoms with Gasteiger partial charge in [0.05, 0.1) is 6.23 Å². The molecule has 0 aromatic heterocycles. The smallest absolute Gasteiger partial charge is 0.324 e. The van der Waals surface area contributed by atoms with Gasteiger partial charge in [-0.25, -0.2) is 0 Å². The van der Waals surface area contributed by atoms with Crippen molar-refractivity contribution >= 4 is 25.4 Å². The van der Waals surface area contributed by atoms with E-state index in [4.69, 9.17) is 17.8 Å². The molecule has 0 amide bonds. The first-order chi connectivity index (χ1) is 7.04. The molecule has 0 heterocycles. The van der Waals surface area contributed by atoms with Crippen molar-refractivity contribution in [1.29, 1.82) is 0 Å². The first-order valence-corrected chi connectivity index (χ1v) is 14.0. The van der Waals surface area contributed by atoms with Gasteiger partial charge in [-0.15, -0.1) is 0 Å². The minimum Gasteiger partial charge on any atom is -0.435 e. The molecule has 0 aromatic carbocycles. The summed E-state index contributed by atoms with van der Waals surface area (Å²) < 4.78 is 17.0. The molecule has 0 radical (unpaired) electrons. The van der Waals surface area contributed by atoms with Crippen LogP contribution in [0.25, 0.3) is 0 Å². The maximum absolute atomic E-state index is 9.20. The number of aliphatic hydroxyl groups is 2. The SMILES string of the molecule is C[Si](C)(CO)O[Si](C)(C)O[Si](C)(C)OCO. The van der Waals surface area contributed by atoms with Gasteiger partial charge in [0.2, 0.25) is 8.32 Å². The Kier molecular flexibility index (Phi) is 6.03. The van der Waals surface area contributed by atoms with Gasteiger partial charge in [0, 0.05) is 0 Å². The molecule has 2 N–H and O–H groups in total. The van der Waals surface area contributed by atoms with Crippen molar-refractivity contribution in [1.82, 2.24) is 0 Å². The van der Waals surface area contributed by atoms with E-state index in [9.17, 15) is 5.11 Å². The van der Waals surface area contributed by atoms with Crippen molar-refractivity contribution in [2.45, 2.75) is 39.3 Å². The first kappa shape index (κ1) is 16.5. The number of hydrogen-bond donors (Lipinski definition) is 2. The predicted molar refractivity (Wildman–Crippen MR) is 69.9 cm³/mol. The molecule has 0 saturated heterocycles. The van der Waals surface area contributed by atoms with Gasteiger partial charge in [-0.1, -0.05) is 0 Å². The molecule has 98 valence electrons. The Morgan fingerprint density at radius 3 is 1.69 bits per heavy atom. The fourth-order valence-corrected chi connectivity index (χ4v) is 12.9. The van der Waals surface area contributed by atoms with Gasteiger partial charge in [0.25, 0.3) is 0 Å². The quantitative estimate of drug-likeness (QED) is 0.542. The van der Waals surface area contributed by atoms with Gasteiger partial charge in [-0.2, -0.15) is 0 Å². The Bertz CT molecular complexity index is 220. The van der Waals surface area contributed by atoms with Gasteiger partial charge in [0.15, 0.2) is 0 Å². The van der Waals surface area contributed by atoms with E-state index in [2.05, 4.69) is 0 Å². The van der Waals surface area contributed by atoms with Crippen LogP contribution < -0.4 is 0 Å². The Morgan fingerprint density at radius 2 is 1.31 bits per heavy atom. The van der Waals surface area contributed by atoms with Gasteiger partial charge in [-0.3, -0.25) is 0 Å². The number of hydrogen-bond acceptors (Lipinski definition) is 5. The second-order valence-corrected chi connectivity index (χ2v) is 16.6. The standard InChI is InChI=1S/C8H24O5Si3/c1-14(2,8-10)12-16(5,6)13-15(3,4)11-7-9/h9-10H,7-8H2,1-6H3. The Hall–Kier alpha value is 0.451. The molecule has 0 aliphatic rings. The second-order valence-electron chi connectivity index (χ2n) is 5.20. The van der Waals surface area contributed by atoms with E-state index in [1.54, 1.807) is 0 Å². The van der Waals surface area contributed by atoms with Gasteiger partial charge >= 0.3 is 17.1 Å². The largest absolute Gasteiger partial charge is 0.435 e. The van der Waals surface area contributed by atoms with Crippen molar-refractivity contribution in [2.24, 2.45) is 0 Å². The summed E-state index contributed by atoms with van der Waals surface area (Å²) in [6, 6.07) is 0. The molecular weight excluding hydrogens is 260 g/mol. The number of aliphatic hydroxyl groups excluding tert-OH is 2. The highest BCUT2D eigenvalue weighted by Gasteiger charge is 2.40. The van der Waals surface area contributed by atoms with E-state index in [1.807, 2.05) is 39.3 Å². The molecular formula is C8H24O5Si3. The van der Waals surface area contributed by atoms with E-state index in [1.165, 1.54) is 0 Å². The van der Waals surface area contributed by atoms with Crippen LogP contribution in [-0.4, -0.2) is 48.7 Å². The van der Waals surface area contributed by atoms with Crippen LogP contribution in [0.5, 0.6) is 0 Å². The highest BCUT2D eigenvalue weighted by atomic mass is 28.5. The van der Waals surface area contributed by atoms with E-state index in [0.717, 1.165) is 0 Å². The summed E-state index contributed by atoms with van der Waals surface area (Å²) in [7, 11) is -6.67. The minimum absolute atomic E-state index is 0.0790. The summed E-state index contributed by atoms with van der Waals surface area (Å²) in [5, 5.41) is 18.0. The van der Waals surface area contributed by atoms with E-state index >= 15 is 0 Å². The van der Waals surface area contributed by atoms with Crippen LogP contribution in [0.3, 0.4) is 0 Å². The van der Waals surface area contributed by atoms with Crippen molar-refractivity contribution < 1.29 is 22.9 Å². The maximum Gasteiger partial charge on any atom is 0.324 e. The van der Waals surface area contributed by atoms with Crippen LogP contribution in [0.4, 0.5) is 0 Å². The lowest BCUT2D eigenvalue weighted by molar-refractivity contribution is 0.0705. The minimum atomic E-state index is -2.32. The van der Waals surface area contributed by atoms with Crippen LogP contribution >= 0.6 is 0 Å². The van der Waals surface area contributed by atoms with Gasteiger partial charge < -0.3 is 22.9 Å². The molecule has 0 spiro atoms. The Morgan fingerprint density at radius 1 is 0.812 bits per heavy atom. The zero-order valence-electron chi connectivity index (χ0n) is 11.0. The van der Waals surface area contributed by atoms with Crippen molar-refractivity contribution in [3.8, 4) is 0 Å². The van der Waals surface area contributed by atoms with E-state index < -0.39 is 25.4 Å². The van der Waals surface area contributed by atoms with Gasteiger partial charge in [-0.05, 0) is 39.3 Å². The summed E-state index contributed by atoms with van der Waals surface area (Å²) in [5.41, 5.74) is 0. The molecule has 0 bridgehead atoms. The van der Waals surface area contributed by atoms with Crippen molar-refractivity contribution in [2.75, 3.05) is 13.0 Å². The third-order valence-corrected chi connectivity index (χ3v) is 11.5. The average molecular weight is 285 g/mol. The Balaban J connectivity index is 4.45. The summed E-state index contributed by atoms with van der Waals surface area (Å²) in [4.78, 5) is 0. The lowest BCUT2D eigenvalue weighted by atomic mass is 11.6. The third-order valence-electron chi connectivity index (χ3n) is 1.81. The maximum atomic E-state index is 9.20. The van der Waals surface area contributed by atoms with Crippen LogP contribution in [0.15, 0.2) is 0 Å². The predicted octanol–water partition coefficient (Wildman–Crippen LogP) is 1.13. The van der Waals surface area contributed by atoms with Crippen LogP contribution in [0.2, 0.25) is 39.3 Å². The first-order valence-electron chi connectivity index (χ1n) is 5.30. The van der Waals surface area contributed by atoms with Crippen molar-refractivity contribution in [3.05, 3.63) is 0 Å². The summed E-state index contributed by atoms with van der Waals surface area (Å²) in [5.74, 6) is 0. The molecule has 0 aliphatic heterocycles. The van der Waals surface area contributed by atoms with Crippen LogP contribution in [0.1, 0.15) is 0 Å². The topological polar surface area (TPSA) is 68.2 Å². The molecule has 0 aliphatic carbocycles.